The Morgan fingerprint density at radius 2 is 1.53 bits per heavy atom. The maximum absolute atomic E-state index is 13.7. The van der Waals surface area contributed by atoms with Gasteiger partial charge in [0.05, 0.1) is 0 Å². The highest BCUT2D eigenvalue weighted by molar-refractivity contribution is 5.89. The first-order valence-corrected chi connectivity index (χ1v) is 12.4. The summed E-state index contributed by atoms with van der Waals surface area (Å²) < 4.78 is 5.90. The fourth-order valence-corrected chi connectivity index (χ4v) is 3.93. The molecule has 0 fully saturated rings. The van der Waals surface area contributed by atoms with E-state index in [2.05, 4.69) is 5.32 Å². The van der Waals surface area contributed by atoms with Crippen molar-refractivity contribution in [3.05, 3.63) is 101 Å². The Bertz CT molecular complexity index is 1160. The van der Waals surface area contributed by atoms with Gasteiger partial charge < -0.3 is 15.0 Å². The smallest absolute Gasteiger partial charge is 0.261 e. The SMILES string of the molecule is Cc1ccc(CN(C(=O)COc2ccc(C)c(C)c2)[C@H](Cc2ccccc2)C(=O)NC(C)(C)C)cc1. The second-order valence-electron chi connectivity index (χ2n) is 10.5. The summed E-state index contributed by atoms with van der Waals surface area (Å²) in [5.41, 5.74) is 4.92. The molecule has 0 radical (unpaired) electrons. The van der Waals surface area contributed by atoms with Crippen molar-refractivity contribution in [2.45, 2.75) is 66.1 Å². The van der Waals surface area contributed by atoms with Gasteiger partial charge in [-0.05, 0) is 75.9 Å². The number of nitrogens with one attached hydrogen (secondary N) is 1. The van der Waals surface area contributed by atoms with Gasteiger partial charge in [0.25, 0.3) is 5.91 Å². The van der Waals surface area contributed by atoms with Crippen LogP contribution >= 0.6 is 0 Å². The molecule has 0 saturated carbocycles. The molecule has 5 nitrogen and oxygen atoms in total. The van der Waals surface area contributed by atoms with Crippen LogP contribution in [-0.4, -0.2) is 34.9 Å². The summed E-state index contributed by atoms with van der Waals surface area (Å²) in [5.74, 6) is 0.220. The highest BCUT2D eigenvalue weighted by atomic mass is 16.5. The number of carbonyl (C=O) groups is 2. The second-order valence-corrected chi connectivity index (χ2v) is 10.5. The highest BCUT2D eigenvalue weighted by Crippen LogP contribution is 2.19. The standard InChI is InChI=1S/C31H38N2O3/c1-22-12-15-26(16-13-22)20-33(29(34)21-36-27-17-14-23(2)24(3)18-27)28(30(35)32-31(4,5)6)19-25-10-8-7-9-11-25/h7-18,28H,19-21H2,1-6H3,(H,32,35)/t28-/m1/s1. The van der Waals surface area contributed by atoms with Gasteiger partial charge >= 0.3 is 0 Å². The molecule has 0 aromatic heterocycles. The number of carbonyl (C=O) groups excluding carboxylic acids is 2. The Kier molecular flexibility index (Phi) is 8.92. The van der Waals surface area contributed by atoms with E-state index in [4.69, 9.17) is 4.74 Å². The summed E-state index contributed by atoms with van der Waals surface area (Å²) in [7, 11) is 0. The number of hydrogen-bond acceptors (Lipinski definition) is 3. The van der Waals surface area contributed by atoms with Crippen molar-refractivity contribution >= 4 is 11.8 Å². The molecule has 0 aliphatic carbocycles. The van der Waals surface area contributed by atoms with Crippen molar-refractivity contribution in [3.63, 3.8) is 0 Å². The van der Waals surface area contributed by atoms with Gasteiger partial charge in [0.2, 0.25) is 5.91 Å². The van der Waals surface area contributed by atoms with Crippen LogP contribution in [0.4, 0.5) is 0 Å². The van der Waals surface area contributed by atoms with Crippen molar-refractivity contribution < 1.29 is 14.3 Å². The first-order chi connectivity index (χ1) is 17.0. The second kappa shape index (κ2) is 11.9. The van der Waals surface area contributed by atoms with Gasteiger partial charge in [-0.25, -0.2) is 0 Å². The van der Waals surface area contributed by atoms with E-state index in [1.165, 1.54) is 0 Å². The van der Waals surface area contributed by atoms with Gasteiger partial charge in [0, 0.05) is 18.5 Å². The first kappa shape index (κ1) is 27.0. The van der Waals surface area contributed by atoms with Gasteiger partial charge in [-0.2, -0.15) is 0 Å². The number of aryl methyl sites for hydroxylation is 3. The summed E-state index contributed by atoms with van der Waals surface area (Å²) in [6, 6.07) is 22.9. The molecule has 2 amide bonds. The minimum absolute atomic E-state index is 0.150. The molecule has 0 saturated heterocycles. The summed E-state index contributed by atoms with van der Waals surface area (Å²) in [6.07, 6.45) is 0.407. The van der Waals surface area contributed by atoms with Gasteiger partial charge in [-0.15, -0.1) is 0 Å². The molecule has 0 aliphatic rings. The molecular weight excluding hydrogens is 448 g/mol. The van der Waals surface area contributed by atoms with Crippen LogP contribution < -0.4 is 10.1 Å². The molecule has 1 N–H and O–H groups in total. The van der Waals surface area contributed by atoms with Crippen molar-refractivity contribution in [2.75, 3.05) is 6.61 Å². The topological polar surface area (TPSA) is 58.6 Å². The average Bonchev–Trinajstić information content (AvgIpc) is 2.82. The molecular formula is C31H38N2O3. The van der Waals surface area contributed by atoms with Gasteiger partial charge in [-0.1, -0.05) is 66.2 Å². The Balaban J connectivity index is 1.92. The molecule has 0 unspecified atom stereocenters. The quantitative estimate of drug-likeness (QED) is 0.432. The number of hydrogen-bond donors (Lipinski definition) is 1. The third kappa shape index (κ3) is 7.98. The van der Waals surface area contributed by atoms with Gasteiger partial charge in [0.1, 0.15) is 11.8 Å². The predicted molar refractivity (Wildman–Crippen MR) is 145 cm³/mol. The Morgan fingerprint density at radius 3 is 2.14 bits per heavy atom. The van der Waals surface area contributed by atoms with Crippen molar-refractivity contribution in [3.8, 4) is 5.75 Å². The fourth-order valence-electron chi connectivity index (χ4n) is 3.93. The normalized spacial score (nSPS) is 12.1. The zero-order valence-electron chi connectivity index (χ0n) is 22.3. The minimum Gasteiger partial charge on any atom is -0.484 e. The van der Waals surface area contributed by atoms with Gasteiger partial charge in [-0.3, -0.25) is 9.59 Å². The predicted octanol–water partition coefficient (Wildman–Crippen LogP) is 5.55. The third-order valence-electron chi connectivity index (χ3n) is 6.08. The lowest BCUT2D eigenvalue weighted by molar-refractivity contribution is -0.143. The first-order valence-electron chi connectivity index (χ1n) is 12.4. The lowest BCUT2D eigenvalue weighted by Gasteiger charge is -2.33. The Hall–Kier alpha value is -3.60. The average molecular weight is 487 g/mol. The summed E-state index contributed by atoms with van der Waals surface area (Å²) in [4.78, 5) is 28.9. The van der Waals surface area contributed by atoms with Crippen LogP contribution in [0.3, 0.4) is 0 Å². The lowest BCUT2D eigenvalue weighted by atomic mass is 10.0. The maximum Gasteiger partial charge on any atom is 0.261 e. The van der Waals surface area contributed by atoms with E-state index >= 15 is 0 Å². The Morgan fingerprint density at radius 1 is 0.861 bits per heavy atom. The zero-order chi connectivity index (χ0) is 26.3. The lowest BCUT2D eigenvalue weighted by Crippen LogP contribution is -2.55. The highest BCUT2D eigenvalue weighted by Gasteiger charge is 2.32. The van der Waals surface area contributed by atoms with E-state index in [1.54, 1.807) is 4.90 Å². The monoisotopic (exact) mass is 486 g/mol. The van der Waals surface area contributed by atoms with Crippen LogP contribution in [0.15, 0.2) is 72.8 Å². The molecule has 3 aromatic carbocycles. The van der Waals surface area contributed by atoms with E-state index in [0.717, 1.165) is 27.8 Å². The van der Waals surface area contributed by atoms with Crippen molar-refractivity contribution in [1.29, 1.82) is 0 Å². The fraction of sp³-hybridized carbons (Fsp3) is 0.355. The van der Waals surface area contributed by atoms with Crippen LogP contribution in [0.2, 0.25) is 0 Å². The van der Waals surface area contributed by atoms with E-state index < -0.39 is 11.6 Å². The number of benzene rings is 3. The molecule has 1 atom stereocenters. The van der Waals surface area contributed by atoms with Crippen molar-refractivity contribution in [2.24, 2.45) is 0 Å². The van der Waals surface area contributed by atoms with Crippen LogP contribution in [-0.2, 0) is 22.6 Å². The molecule has 3 aromatic rings. The van der Waals surface area contributed by atoms with Crippen molar-refractivity contribution in [1.82, 2.24) is 10.2 Å². The molecule has 5 heteroatoms. The number of ether oxygens (including phenoxy) is 1. The summed E-state index contributed by atoms with van der Waals surface area (Å²) >= 11 is 0. The number of rotatable bonds is 9. The van der Waals surface area contributed by atoms with E-state index in [1.807, 2.05) is 114 Å². The molecule has 0 bridgehead atoms. The summed E-state index contributed by atoms with van der Waals surface area (Å²) in [6.45, 7) is 12.1. The zero-order valence-corrected chi connectivity index (χ0v) is 22.3. The molecule has 0 aliphatic heterocycles. The van der Waals surface area contributed by atoms with E-state index in [0.29, 0.717) is 18.7 Å². The van der Waals surface area contributed by atoms with Crippen LogP contribution in [0.25, 0.3) is 0 Å². The number of nitrogens with zero attached hydrogens (tertiary/aromatic N) is 1. The van der Waals surface area contributed by atoms with Gasteiger partial charge in [0.15, 0.2) is 6.61 Å². The number of amides is 2. The van der Waals surface area contributed by atoms with Crippen LogP contribution in [0.5, 0.6) is 5.75 Å². The molecule has 36 heavy (non-hydrogen) atoms. The Labute approximate surface area is 215 Å². The molecule has 190 valence electrons. The molecule has 0 heterocycles. The maximum atomic E-state index is 13.7. The molecule has 0 spiro atoms. The largest absolute Gasteiger partial charge is 0.484 e. The van der Waals surface area contributed by atoms with Crippen LogP contribution in [0, 0.1) is 20.8 Å². The van der Waals surface area contributed by atoms with E-state index in [-0.39, 0.29) is 18.4 Å². The third-order valence-corrected chi connectivity index (χ3v) is 6.08. The van der Waals surface area contributed by atoms with E-state index in [9.17, 15) is 9.59 Å². The minimum atomic E-state index is -0.691. The summed E-state index contributed by atoms with van der Waals surface area (Å²) in [5, 5.41) is 3.08. The van der Waals surface area contributed by atoms with Crippen LogP contribution in [0.1, 0.15) is 48.6 Å². The molecule has 3 rings (SSSR count).